The third-order valence-corrected chi connectivity index (χ3v) is 3.19. The molecular weight excluding hydrogens is 162 g/mol. The van der Waals surface area contributed by atoms with Gasteiger partial charge in [0, 0.05) is 18.6 Å². The molecule has 2 aliphatic rings. The van der Waals surface area contributed by atoms with Crippen molar-refractivity contribution >= 4 is 0 Å². The third kappa shape index (κ3) is 1.70. The molecule has 3 nitrogen and oxygen atoms in total. The van der Waals surface area contributed by atoms with Gasteiger partial charge < -0.3 is 4.90 Å². The molecule has 3 heteroatoms. The first kappa shape index (κ1) is 8.98. The Morgan fingerprint density at radius 1 is 1.54 bits per heavy atom. The van der Waals surface area contributed by atoms with E-state index in [1.165, 1.54) is 12.8 Å². The fourth-order valence-corrected chi connectivity index (χ4v) is 2.14. The molecule has 0 bridgehead atoms. The molecule has 2 fully saturated rings. The number of nitrogens with zero attached hydrogens (tertiary/aromatic N) is 2. The van der Waals surface area contributed by atoms with Crippen LogP contribution >= 0.6 is 0 Å². The summed E-state index contributed by atoms with van der Waals surface area (Å²) in [5.41, 5.74) is -0.255. The molecule has 1 aliphatic heterocycles. The zero-order valence-electron chi connectivity index (χ0n) is 8.38. The Bertz CT molecular complexity index is 224. The summed E-state index contributed by atoms with van der Waals surface area (Å²) in [7, 11) is 2.10. The van der Waals surface area contributed by atoms with E-state index in [1.54, 1.807) is 0 Å². The number of hydrogen-bond donors (Lipinski definition) is 1. The standard InChI is InChI=1S/C10H17N3/c1-8-5-10(6-11,7-13(8)2)12-9-3-4-9/h8-9,12H,3-5,7H2,1-2H3. The number of nitriles is 1. The van der Waals surface area contributed by atoms with Crippen molar-refractivity contribution in [2.24, 2.45) is 0 Å². The van der Waals surface area contributed by atoms with Gasteiger partial charge in [-0.15, -0.1) is 0 Å². The van der Waals surface area contributed by atoms with E-state index in [0.717, 1.165) is 13.0 Å². The van der Waals surface area contributed by atoms with Crippen molar-refractivity contribution in [3.63, 3.8) is 0 Å². The maximum absolute atomic E-state index is 9.19. The maximum atomic E-state index is 9.19. The highest BCUT2D eigenvalue weighted by molar-refractivity contribution is 5.16. The first-order valence-electron chi connectivity index (χ1n) is 5.04. The number of likely N-dealkylation sites (N-methyl/N-ethyl adjacent to an activating group) is 1. The van der Waals surface area contributed by atoms with Gasteiger partial charge in [-0.2, -0.15) is 5.26 Å². The summed E-state index contributed by atoms with van der Waals surface area (Å²) in [6.45, 7) is 3.06. The summed E-state index contributed by atoms with van der Waals surface area (Å²) in [5.74, 6) is 0. The van der Waals surface area contributed by atoms with Gasteiger partial charge in [0.25, 0.3) is 0 Å². The Kier molecular flexibility index (Phi) is 2.05. The van der Waals surface area contributed by atoms with Crippen LogP contribution in [-0.4, -0.2) is 36.1 Å². The zero-order valence-corrected chi connectivity index (χ0v) is 8.38. The number of likely N-dealkylation sites (tertiary alicyclic amines) is 1. The molecule has 0 aromatic rings. The van der Waals surface area contributed by atoms with Crippen molar-refractivity contribution in [1.82, 2.24) is 10.2 Å². The van der Waals surface area contributed by atoms with Gasteiger partial charge in [0.15, 0.2) is 0 Å². The number of nitrogens with one attached hydrogen (secondary N) is 1. The van der Waals surface area contributed by atoms with Crippen LogP contribution in [0.5, 0.6) is 0 Å². The molecule has 1 N–H and O–H groups in total. The molecule has 1 heterocycles. The highest BCUT2D eigenvalue weighted by atomic mass is 15.2. The summed E-state index contributed by atoms with van der Waals surface area (Å²) < 4.78 is 0. The Balaban J connectivity index is 2.04. The van der Waals surface area contributed by atoms with Gasteiger partial charge in [0.05, 0.1) is 6.07 Å². The molecule has 1 saturated heterocycles. The molecular formula is C10H17N3. The van der Waals surface area contributed by atoms with E-state index in [1.807, 2.05) is 0 Å². The van der Waals surface area contributed by atoms with Gasteiger partial charge in [-0.3, -0.25) is 5.32 Å². The third-order valence-electron chi connectivity index (χ3n) is 3.19. The van der Waals surface area contributed by atoms with Crippen molar-refractivity contribution in [2.45, 2.75) is 43.8 Å². The summed E-state index contributed by atoms with van der Waals surface area (Å²) >= 11 is 0. The summed E-state index contributed by atoms with van der Waals surface area (Å²) in [6, 6.07) is 3.61. The monoisotopic (exact) mass is 179 g/mol. The van der Waals surface area contributed by atoms with E-state index in [0.29, 0.717) is 12.1 Å². The van der Waals surface area contributed by atoms with E-state index in [-0.39, 0.29) is 5.54 Å². The summed E-state index contributed by atoms with van der Waals surface area (Å²) in [5, 5.41) is 12.7. The van der Waals surface area contributed by atoms with E-state index >= 15 is 0 Å². The van der Waals surface area contributed by atoms with Crippen molar-refractivity contribution in [1.29, 1.82) is 5.26 Å². The molecule has 0 spiro atoms. The Labute approximate surface area is 79.7 Å². The van der Waals surface area contributed by atoms with Crippen LogP contribution in [-0.2, 0) is 0 Å². The normalized spacial score (nSPS) is 40.5. The average Bonchev–Trinajstić information content (AvgIpc) is 2.82. The lowest BCUT2D eigenvalue weighted by Crippen LogP contribution is -2.47. The average molecular weight is 179 g/mol. The molecule has 2 unspecified atom stereocenters. The van der Waals surface area contributed by atoms with Crippen molar-refractivity contribution < 1.29 is 0 Å². The second-order valence-corrected chi connectivity index (χ2v) is 4.58. The van der Waals surface area contributed by atoms with Gasteiger partial charge in [0.2, 0.25) is 0 Å². The fourth-order valence-electron chi connectivity index (χ4n) is 2.14. The molecule has 2 rings (SSSR count). The zero-order chi connectivity index (χ0) is 9.47. The van der Waals surface area contributed by atoms with Crippen LogP contribution in [0.3, 0.4) is 0 Å². The lowest BCUT2D eigenvalue weighted by Gasteiger charge is -2.21. The molecule has 72 valence electrons. The lowest BCUT2D eigenvalue weighted by atomic mass is 9.98. The largest absolute Gasteiger partial charge is 0.301 e. The second kappa shape index (κ2) is 2.97. The first-order valence-corrected chi connectivity index (χ1v) is 5.04. The van der Waals surface area contributed by atoms with Crippen LogP contribution in [0.15, 0.2) is 0 Å². The topological polar surface area (TPSA) is 39.1 Å². The molecule has 1 saturated carbocycles. The molecule has 1 aliphatic carbocycles. The van der Waals surface area contributed by atoms with Gasteiger partial charge >= 0.3 is 0 Å². The van der Waals surface area contributed by atoms with Crippen LogP contribution < -0.4 is 5.32 Å². The van der Waals surface area contributed by atoms with E-state index < -0.39 is 0 Å². The highest BCUT2D eigenvalue weighted by Gasteiger charge is 2.43. The minimum atomic E-state index is -0.255. The van der Waals surface area contributed by atoms with Gasteiger partial charge in [-0.05, 0) is 33.2 Å². The van der Waals surface area contributed by atoms with Crippen molar-refractivity contribution in [3.8, 4) is 6.07 Å². The van der Waals surface area contributed by atoms with Gasteiger partial charge in [-0.25, -0.2) is 0 Å². The minimum absolute atomic E-state index is 0.255. The van der Waals surface area contributed by atoms with Crippen LogP contribution in [0.2, 0.25) is 0 Å². The Morgan fingerprint density at radius 3 is 2.62 bits per heavy atom. The van der Waals surface area contributed by atoms with Crippen LogP contribution in [0.4, 0.5) is 0 Å². The SMILES string of the molecule is CC1CC(C#N)(NC2CC2)CN1C. The van der Waals surface area contributed by atoms with E-state index in [9.17, 15) is 5.26 Å². The van der Waals surface area contributed by atoms with Crippen LogP contribution in [0.1, 0.15) is 26.2 Å². The van der Waals surface area contributed by atoms with Crippen LogP contribution in [0, 0.1) is 11.3 Å². The summed E-state index contributed by atoms with van der Waals surface area (Å²) in [6.07, 6.45) is 3.47. The second-order valence-electron chi connectivity index (χ2n) is 4.58. The van der Waals surface area contributed by atoms with Gasteiger partial charge in [-0.1, -0.05) is 0 Å². The summed E-state index contributed by atoms with van der Waals surface area (Å²) in [4.78, 5) is 2.26. The molecule has 13 heavy (non-hydrogen) atoms. The first-order chi connectivity index (χ1) is 6.15. The molecule has 0 aromatic carbocycles. The van der Waals surface area contributed by atoms with Crippen molar-refractivity contribution in [2.75, 3.05) is 13.6 Å². The van der Waals surface area contributed by atoms with E-state index in [4.69, 9.17) is 0 Å². The predicted octanol–water partition coefficient (Wildman–Crippen LogP) is 0.725. The van der Waals surface area contributed by atoms with Gasteiger partial charge in [0.1, 0.15) is 5.54 Å². The maximum Gasteiger partial charge on any atom is 0.121 e. The quantitative estimate of drug-likeness (QED) is 0.679. The molecule has 0 amide bonds. The van der Waals surface area contributed by atoms with Crippen molar-refractivity contribution in [3.05, 3.63) is 0 Å². The Hall–Kier alpha value is -0.590. The highest BCUT2D eigenvalue weighted by Crippen LogP contribution is 2.30. The molecule has 0 aromatic heterocycles. The predicted molar refractivity (Wildman–Crippen MR) is 51.2 cm³/mol. The Morgan fingerprint density at radius 2 is 2.23 bits per heavy atom. The fraction of sp³-hybridized carbons (Fsp3) is 0.900. The molecule has 2 atom stereocenters. The minimum Gasteiger partial charge on any atom is -0.301 e. The smallest absolute Gasteiger partial charge is 0.121 e. The number of hydrogen-bond acceptors (Lipinski definition) is 3. The van der Waals surface area contributed by atoms with Crippen LogP contribution in [0.25, 0.3) is 0 Å². The van der Waals surface area contributed by atoms with E-state index in [2.05, 4.69) is 30.3 Å². The lowest BCUT2D eigenvalue weighted by molar-refractivity contribution is 0.318. The molecule has 0 radical (unpaired) electrons. The number of rotatable bonds is 2.